The fraction of sp³-hybridized carbons (Fsp3) is 0.400. The first-order valence-corrected chi connectivity index (χ1v) is 6.01. The summed E-state index contributed by atoms with van der Waals surface area (Å²) in [4.78, 5) is 0.195. The number of methoxy groups -OCH3 is 1. The Morgan fingerprint density at radius 2 is 1.69 bits per heavy atom. The van der Waals surface area contributed by atoms with E-state index in [2.05, 4.69) is 0 Å². The molecule has 0 amide bonds. The third kappa shape index (κ3) is 2.66. The van der Waals surface area contributed by atoms with E-state index in [4.69, 9.17) is 9.88 Å². The zero-order chi connectivity index (χ0) is 11.8. The number of ether oxygens (including phenoxy) is 1. The summed E-state index contributed by atoms with van der Waals surface area (Å²) in [6.45, 7) is 5.24. The minimum Gasteiger partial charge on any atom is -0.496 e. The largest absolute Gasteiger partial charge is 0.496 e. The van der Waals surface area contributed by atoms with Gasteiger partial charge in [-0.25, -0.2) is 13.6 Å². The number of hydrogen-bond donors (Lipinski definition) is 1. The Kier molecular flexibility index (Phi) is 4.79. The highest BCUT2D eigenvalue weighted by atomic mass is 35.5. The van der Waals surface area contributed by atoms with E-state index in [-0.39, 0.29) is 17.3 Å². The maximum atomic E-state index is 11.4. The molecule has 6 heteroatoms. The zero-order valence-corrected chi connectivity index (χ0v) is 11.3. The molecular formula is C10H16ClNO3S. The Hall–Kier alpha value is -0.780. The van der Waals surface area contributed by atoms with Crippen LogP contribution in [0.2, 0.25) is 0 Å². The lowest BCUT2D eigenvalue weighted by Crippen LogP contribution is -2.16. The molecule has 0 aliphatic heterocycles. The maximum absolute atomic E-state index is 11.4. The molecule has 0 saturated heterocycles. The van der Waals surface area contributed by atoms with Crippen molar-refractivity contribution in [2.24, 2.45) is 5.14 Å². The van der Waals surface area contributed by atoms with E-state index in [9.17, 15) is 8.42 Å². The average molecular weight is 266 g/mol. The van der Waals surface area contributed by atoms with Crippen molar-refractivity contribution in [3.8, 4) is 5.75 Å². The van der Waals surface area contributed by atoms with Gasteiger partial charge in [-0.3, -0.25) is 0 Å². The fourth-order valence-corrected chi connectivity index (χ4v) is 2.76. The van der Waals surface area contributed by atoms with E-state index in [0.29, 0.717) is 16.9 Å². The van der Waals surface area contributed by atoms with E-state index >= 15 is 0 Å². The van der Waals surface area contributed by atoms with Crippen molar-refractivity contribution in [2.75, 3.05) is 7.11 Å². The van der Waals surface area contributed by atoms with E-state index in [0.717, 1.165) is 5.56 Å². The molecule has 0 aliphatic rings. The Morgan fingerprint density at radius 3 is 2.06 bits per heavy atom. The number of hydrogen-bond acceptors (Lipinski definition) is 3. The van der Waals surface area contributed by atoms with Crippen molar-refractivity contribution in [1.29, 1.82) is 0 Å². The lowest BCUT2D eigenvalue weighted by atomic mass is 10.1. The number of aryl methyl sites for hydroxylation is 1. The molecular weight excluding hydrogens is 250 g/mol. The van der Waals surface area contributed by atoms with Gasteiger partial charge in [-0.2, -0.15) is 0 Å². The Balaban J connectivity index is 0.00000225. The average Bonchev–Trinajstić information content (AvgIpc) is 2.09. The molecule has 92 valence electrons. The fourth-order valence-electron chi connectivity index (χ4n) is 1.67. The Labute approximate surface area is 102 Å². The van der Waals surface area contributed by atoms with Gasteiger partial charge >= 0.3 is 0 Å². The SMILES string of the molecule is COc1cc(C)c(S(N)(=O)=O)c(C)c1C.Cl. The first kappa shape index (κ1) is 15.2. The molecule has 2 N–H and O–H groups in total. The summed E-state index contributed by atoms with van der Waals surface area (Å²) in [5.41, 5.74) is 2.05. The maximum Gasteiger partial charge on any atom is 0.238 e. The summed E-state index contributed by atoms with van der Waals surface area (Å²) in [7, 11) is -2.11. The van der Waals surface area contributed by atoms with Crippen LogP contribution in [-0.4, -0.2) is 15.5 Å². The van der Waals surface area contributed by atoms with E-state index in [1.165, 1.54) is 0 Å². The van der Waals surface area contributed by atoms with Crippen molar-refractivity contribution in [2.45, 2.75) is 25.7 Å². The second-order valence-corrected chi connectivity index (χ2v) is 5.02. The monoisotopic (exact) mass is 265 g/mol. The van der Waals surface area contributed by atoms with Crippen LogP contribution >= 0.6 is 12.4 Å². The van der Waals surface area contributed by atoms with Gasteiger partial charge in [-0.15, -0.1) is 12.4 Å². The molecule has 0 bridgehead atoms. The first-order valence-electron chi connectivity index (χ1n) is 4.46. The minimum atomic E-state index is -3.67. The lowest BCUT2D eigenvalue weighted by molar-refractivity contribution is 0.410. The van der Waals surface area contributed by atoms with Crippen LogP contribution in [0, 0.1) is 20.8 Å². The van der Waals surface area contributed by atoms with Crippen molar-refractivity contribution >= 4 is 22.4 Å². The van der Waals surface area contributed by atoms with Crippen LogP contribution < -0.4 is 9.88 Å². The topological polar surface area (TPSA) is 69.4 Å². The molecule has 0 unspecified atom stereocenters. The van der Waals surface area contributed by atoms with Crippen LogP contribution in [0.25, 0.3) is 0 Å². The van der Waals surface area contributed by atoms with Crippen LogP contribution in [0.4, 0.5) is 0 Å². The molecule has 1 aromatic carbocycles. The van der Waals surface area contributed by atoms with Crippen LogP contribution in [0.3, 0.4) is 0 Å². The van der Waals surface area contributed by atoms with E-state index < -0.39 is 10.0 Å². The first-order chi connectivity index (χ1) is 6.79. The van der Waals surface area contributed by atoms with Gasteiger partial charge in [0.25, 0.3) is 0 Å². The van der Waals surface area contributed by atoms with Crippen molar-refractivity contribution < 1.29 is 13.2 Å². The molecule has 0 saturated carbocycles. The molecule has 0 spiro atoms. The second-order valence-electron chi connectivity index (χ2n) is 3.52. The number of rotatable bonds is 2. The molecule has 1 rings (SSSR count). The molecule has 4 nitrogen and oxygen atoms in total. The van der Waals surface area contributed by atoms with Gasteiger partial charge < -0.3 is 4.74 Å². The summed E-state index contributed by atoms with van der Waals surface area (Å²) >= 11 is 0. The highest BCUT2D eigenvalue weighted by molar-refractivity contribution is 7.89. The standard InChI is InChI=1S/C10H15NO3S.ClH/c1-6-5-9(14-4)7(2)8(3)10(6)15(11,12)13;/h5H,1-4H3,(H2,11,12,13);1H. The quantitative estimate of drug-likeness (QED) is 0.885. The van der Waals surface area contributed by atoms with Crippen molar-refractivity contribution in [1.82, 2.24) is 0 Å². The van der Waals surface area contributed by atoms with E-state index in [1.54, 1.807) is 27.0 Å². The van der Waals surface area contributed by atoms with Crippen molar-refractivity contribution in [3.05, 3.63) is 22.8 Å². The summed E-state index contributed by atoms with van der Waals surface area (Å²) in [6, 6.07) is 1.68. The van der Waals surface area contributed by atoms with E-state index in [1.807, 2.05) is 6.92 Å². The van der Waals surface area contributed by atoms with Gasteiger partial charge in [0, 0.05) is 0 Å². The highest BCUT2D eigenvalue weighted by Gasteiger charge is 2.18. The lowest BCUT2D eigenvalue weighted by Gasteiger charge is -2.14. The molecule has 0 aliphatic carbocycles. The smallest absolute Gasteiger partial charge is 0.238 e. The Bertz CT molecular complexity index is 497. The van der Waals surface area contributed by atoms with Gasteiger partial charge in [0.2, 0.25) is 10.0 Å². The molecule has 0 radical (unpaired) electrons. The van der Waals surface area contributed by atoms with Crippen molar-refractivity contribution in [3.63, 3.8) is 0 Å². The van der Waals surface area contributed by atoms with Crippen LogP contribution in [0.5, 0.6) is 5.75 Å². The van der Waals surface area contributed by atoms with Gasteiger partial charge in [0.1, 0.15) is 5.75 Å². The summed E-state index contributed by atoms with van der Waals surface area (Å²) in [5, 5.41) is 5.15. The van der Waals surface area contributed by atoms with Gasteiger partial charge in [0.15, 0.2) is 0 Å². The molecule has 0 atom stereocenters. The van der Waals surface area contributed by atoms with Crippen LogP contribution in [0.15, 0.2) is 11.0 Å². The number of halogens is 1. The van der Waals surface area contributed by atoms with Gasteiger partial charge in [-0.1, -0.05) is 0 Å². The highest BCUT2D eigenvalue weighted by Crippen LogP contribution is 2.29. The molecule has 16 heavy (non-hydrogen) atoms. The predicted molar refractivity (Wildman–Crippen MR) is 65.8 cm³/mol. The number of benzene rings is 1. The van der Waals surface area contributed by atoms with Crippen LogP contribution in [-0.2, 0) is 10.0 Å². The zero-order valence-electron chi connectivity index (χ0n) is 9.70. The third-order valence-electron chi connectivity index (χ3n) is 2.48. The molecule has 0 fully saturated rings. The molecule has 0 aromatic heterocycles. The predicted octanol–water partition coefficient (Wildman–Crippen LogP) is 1.69. The van der Waals surface area contributed by atoms with Gasteiger partial charge in [0.05, 0.1) is 12.0 Å². The summed E-state index contributed by atoms with van der Waals surface area (Å²) in [6.07, 6.45) is 0. The number of primary sulfonamides is 1. The molecule has 0 heterocycles. The molecule has 1 aromatic rings. The normalized spacial score (nSPS) is 10.8. The van der Waals surface area contributed by atoms with Crippen LogP contribution in [0.1, 0.15) is 16.7 Å². The summed E-state index contributed by atoms with van der Waals surface area (Å²) < 4.78 is 27.9. The summed E-state index contributed by atoms with van der Waals surface area (Å²) in [5.74, 6) is 0.678. The van der Waals surface area contributed by atoms with Gasteiger partial charge in [-0.05, 0) is 43.5 Å². The number of sulfonamides is 1. The third-order valence-corrected chi connectivity index (χ3v) is 3.68. The minimum absolute atomic E-state index is 0. The Morgan fingerprint density at radius 1 is 1.19 bits per heavy atom. The second kappa shape index (κ2) is 5.03. The number of nitrogens with two attached hydrogens (primary N) is 1.